The molecule has 0 saturated heterocycles. The summed E-state index contributed by atoms with van der Waals surface area (Å²) in [5.74, 6) is -11.0. The predicted octanol–water partition coefficient (Wildman–Crippen LogP) is 2.28. The van der Waals surface area contributed by atoms with Crippen LogP contribution in [0.1, 0.15) is 70.3 Å². The molecule has 416 valence electrons. The van der Waals surface area contributed by atoms with Crippen LogP contribution in [-0.4, -0.2) is 146 Å². The number of halogens is 2. The van der Waals surface area contributed by atoms with E-state index < -0.39 is 146 Å². The molecule has 8 N–H and O–H groups in total. The van der Waals surface area contributed by atoms with Gasteiger partial charge in [0.2, 0.25) is 35.4 Å². The van der Waals surface area contributed by atoms with E-state index in [2.05, 4.69) is 21.3 Å². The number of nitrogens with two attached hydrogens (primary N) is 1. The minimum Gasteiger partial charge on any atom is -0.481 e. The van der Waals surface area contributed by atoms with Crippen molar-refractivity contribution in [3.05, 3.63) is 132 Å². The highest BCUT2D eigenvalue weighted by Crippen LogP contribution is 2.41. The minimum absolute atomic E-state index is 0.113. The van der Waals surface area contributed by atoms with Crippen LogP contribution in [0.25, 0.3) is 11.1 Å². The Bertz CT molecular complexity index is 2880. The SMILES string of the molecule is C[C@H](NC(=O)OCc1ccccc1)C(=O)N[C@H](C)C(=O)N([C@@H](CC(=O)O)C(N)=O)[C@@H](CCN(C(=O)CO)[C@@H](c1cc(-c2cc(F)ccc2F)cn1Cc1ccccc1)C(C)(C)C)C(=O)NCCNC(=O)CN1C(=O)C=CC1=O. The maximum atomic E-state index is 15.5. The second-order valence-electron chi connectivity index (χ2n) is 19.4. The fraction of sp³-hybridized carbons (Fsp3) is 0.370. The van der Waals surface area contributed by atoms with Crippen molar-refractivity contribution in [2.75, 3.05) is 32.8 Å². The van der Waals surface area contributed by atoms with Gasteiger partial charge in [0.05, 0.1) is 12.5 Å². The fourth-order valence-electron chi connectivity index (χ4n) is 8.71. The summed E-state index contributed by atoms with van der Waals surface area (Å²) in [7, 11) is 0. The average molecular weight is 1080 g/mol. The second kappa shape index (κ2) is 27.3. The summed E-state index contributed by atoms with van der Waals surface area (Å²) >= 11 is 0. The van der Waals surface area contributed by atoms with Crippen molar-refractivity contribution < 1.29 is 71.7 Å². The molecule has 1 aliphatic rings. The number of rotatable bonds is 26. The number of aliphatic carboxylic acids is 1. The zero-order valence-corrected chi connectivity index (χ0v) is 43.6. The third-order valence-electron chi connectivity index (χ3n) is 12.4. The molecule has 0 fully saturated rings. The van der Waals surface area contributed by atoms with Crippen LogP contribution in [0.15, 0.2) is 103 Å². The number of carboxylic acids is 1. The molecule has 4 aromatic rings. The molecule has 5 atom stereocenters. The first-order valence-corrected chi connectivity index (χ1v) is 24.7. The molecule has 5 rings (SSSR count). The van der Waals surface area contributed by atoms with Gasteiger partial charge >= 0.3 is 12.1 Å². The highest BCUT2D eigenvalue weighted by atomic mass is 19.1. The van der Waals surface area contributed by atoms with E-state index in [0.717, 1.165) is 42.8 Å². The van der Waals surface area contributed by atoms with Crippen LogP contribution in [-0.2, 0) is 61.0 Å². The Hall–Kier alpha value is -8.80. The number of hydrogen-bond acceptors (Lipinski definition) is 12. The van der Waals surface area contributed by atoms with Crippen molar-refractivity contribution in [2.24, 2.45) is 11.1 Å². The van der Waals surface area contributed by atoms with Crippen molar-refractivity contribution in [2.45, 2.75) is 90.8 Å². The number of aliphatic hydroxyl groups excluding tert-OH is 1. The number of carbonyl (C=O) groups excluding carboxylic acids is 9. The Morgan fingerprint density at radius 1 is 0.782 bits per heavy atom. The Morgan fingerprint density at radius 3 is 1.99 bits per heavy atom. The molecule has 22 nitrogen and oxygen atoms in total. The molecule has 0 bridgehead atoms. The normalized spacial score (nSPS) is 14.1. The van der Waals surface area contributed by atoms with Crippen LogP contribution >= 0.6 is 0 Å². The zero-order chi connectivity index (χ0) is 57.4. The van der Waals surface area contributed by atoms with Gasteiger partial charge in [0.25, 0.3) is 11.8 Å². The molecular formula is C54H63F2N9O13. The Kier molecular flexibility index (Phi) is 21.0. The highest BCUT2D eigenvalue weighted by Gasteiger charge is 2.43. The van der Waals surface area contributed by atoms with E-state index in [1.807, 2.05) is 12.1 Å². The number of hydrogen-bond donors (Lipinski definition) is 7. The third-order valence-corrected chi connectivity index (χ3v) is 12.4. The van der Waals surface area contributed by atoms with Crippen LogP contribution < -0.4 is 27.0 Å². The number of ether oxygens (including phenoxy) is 1. The molecule has 0 saturated carbocycles. The standard InChI is InChI=1S/C54H63F2N9O13/c1-32(61-53(77)78-31-35-14-10-7-11-15-35)50(74)60-33(2)52(76)65(42(49(57)73)26-47(71)72)40(51(75)59-22-21-58-43(67)29-64-44(68)18-19-45(64)69)20-23-63(46(70)30-66)48(54(3,4)5)41-24-36(38-25-37(55)16-17-39(38)56)28-62(41)27-34-12-8-6-9-13-34/h6-19,24-25,28,32-33,40,42,48,66H,20-23,26-27,29-31H2,1-5H3,(H2,57,73)(H,58,67)(H,59,75)(H,60,74)(H,61,77)(H,71,72)/t32-,33+,40-,42-,48-/m0/s1. The molecule has 0 radical (unpaired) electrons. The summed E-state index contributed by atoms with van der Waals surface area (Å²) < 4.78 is 37.1. The van der Waals surface area contributed by atoms with Crippen molar-refractivity contribution in [3.8, 4) is 11.1 Å². The monoisotopic (exact) mass is 1080 g/mol. The number of imide groups is 1. The van der Waals surface area contributed by atoms with Gasteiger partial charge in [0.1, 0.15) is 55.6 Å². The number of nitrogens with zero attached hydrogens (tertiary/aromatic N) is 4. The van der Waals surface area contributed by atoms with E-state index in [1.54, 1.807) is 86.1 Å². The highest BCUT2D eigenvalue weighted by molar-refractivity contribution is 6.14. The minimum atomic E-state index is -2.12. The van der Waals surface area contributed by atoms with Gasteiger partial charge < -0.3 is 56.3 Å². The maximum Gasteiger partial charge on any atom is 0.408 e. The lowest BCUT2D eigenvalue weighted by Crippen LogP contribution is -2.63. The quantitative estimate of drug-likeness (QED) is 0.0351. The number of carbonyl (C=O) groups is 10. The van der Waals surface area contributed by atoms with Gasteiger partial charge in [-0.05, 0) is 61.1 Å². The first-order chi connectivity index (χ1) is 36.9. The van der Waals surface area contributed by atoms with Crippen LogP contribution in [0.5, 0.6) is 0 Å². The van der Waals surface area contributed by atoms with E-state index in [0.29, 0.717) is 21.1 Å². The smallest absolute Gasteiger partial charge is 0.408 e. The van der Waals surface area contributed by atoms with Crippen LogP contribution in [0.2, 0.25) is 0 Å². The zero-order valence-electron chi connectivity index (χ0n) is 43.6. The first kappa shape index (κ1) is 60.1. The predicted molar refractivity (Wildman–Crippen MR) is 276 cm³/mol. The molecule has 9 amide bonds. The number of aromatic nitrogens is 1. The average Bonchev–Trinajstić information content (AvgIpc) is 4.00. The van der Waals surface area contributed by atoms with Gasteiger partial charge in [-0.25, -0.2) is 13.6 Å². The van der Waals surface area contributed by atoms with Crippen LogP contribution in [0.4, 0.5) is 13.6 Å². The van der Waals surface area contributed by atoms with Crippen LogP contribution in [0.3, 0.4) is 0 Å². The van der Waals surface area contributed by atoms with Gasteiger partial charge in [-0.2, -0.15) is 0 Å². The van der Waals surface area contributed by atoms with Crippen molar-refractivity contribution >= 4 is 59.3 Å². The molecule has 78 heavy (non-hydrogen) atoms. The number of primary amides is 1. The second-order valence-corrected chi connectivity index (χ2v) is 19.4. The van der Waals surface area contributed by atoms with E-state index in [1.165, 1.54) is 11.8 Å². The van der Waals surface area contributed by atoms with Gasteiger partial charge in [-0.1, -0.05) is 81.4 Å². The molecule has 0 spiro atoms. The third kappa shape index (κ3) is 16.4. The first-order valence-electron chi connectivity index (χ1n) is 24.7. The molecular weight excluding hydrogens is 1020 g/mol. The number of benzene rings is 3. The van der Waals surface area contributed by atoms with Gasteiger partial charge in [-0.15, -0.1) is 0 Å². The topological polar surface area (TPSA) is 309 Å². The summed E-state index contributed by atoms with van der Waals surface area (Å²) in [6.45, 7) is 4.55. The van der Waals surface area contributed by atoms with Crippen molar-refractivity contribution in [3.63, 3.8) is 0 Å². The number of nitrogens with one attached hydrogen (secondary N) is 4. The van der Waals surface area contributed by atoms with Crippen molar-refractivity contribution in [1.29, 1.82) is 0 Å². The van der Waals surface area contributed by atoms with E-state index in [4.69, 9.17) is 10.5 Å². The summed E-state index contributed by atoms with van der Waals surface area (Å²) in [4.78, 5) is 135. The summed E-state index contributed by atoms with van der Waals surface area (Å²) in [5, 5.41) is 30.3. The molecule has 0 aliphatic carbocycles. The molecule has 24 heteroatoms. The van der Waals surface area contributed by atoms with Gasteiger partial charge in [-0.3, -0.25) is 48.1 Å². The van der Waals surface area contributed by atoms with Gasteiger partial charge in [0, 0.05) is 61.3 Å². The van der Waals surface area contributed by atoms with E-state index in [-0.39, 0.29) is 30.8 Å². The summed E-state index contributed by atoms with van der Waals surface area (Å²) in [6, 6.07) is 13.8. The number of alkyl carbamates (subject to hydrolysis) is 1. The molecule has 2 heterocycles. The van der Waals surface area contributed by atoms with Gasteiger partial charge in [0.15, 0.2) is 0 Å². The lowest BCUT2D eigenvalue weighted by atomic mass is 9.82. The Morgan fingerprint density at radius 2 is 1.40 bits per heavy atom. The fourth-order valence-corrected chi connectivity index (χ4v) is 8.71. The van der Waals surface area contributed by atoms with E-state index in [9.17, 15) is 62.5 Å². The summed E-state index contributed by atoms with van der Waals surface area (Å²) in [6.07, 6.45) is 0.707. The summed E-state index contributed by atoms with van der Waals surface area (Å²) in [5.41, 5.74) is 6.65. The number of carboxylic acid groups (broad SMARTS) is 1. The van der Waals surface area contributed by atoms with E-state index >= 15 is 4.39 Å². The maximum absolute atomic E-state index is 15.5. The Balaban J connectivity index is 1.54. The van der Waals surface area contributed by atoms with Crippen LogP contribution in [0, 0.1) is 17.0 Å². The number of aliphatic hydroxyl groups is 1. The molecule has 3 aromatic carbocycles. The lowest BCUT2D eigenvalue weighted by Gasteiger charge is -2.42. The Labute approximate surface area is 447 Å². The van der Waals surface area contributed by atoms with Crippen molar-refractivity contribution in [1.82, 2.24) is 40.5 Å². The molecule has 1 aromatic heterocycles. The lowest BCUT2D eigenvalue weighted by molar-refractivity contribution is -0.153. The number of amides is 9. The molecule has 1 aliphatic heterocycles. The molecule has 0 unspecified atom stereocenters. The largest absolute Gasteiger partial charge is 0.481 e.